The maximum Gasteiger partial charge on any atom is 0.136 e. The van der Waals surface area contributed by atoms with Crippen molar-refractivity contribution >= 4 is 54.3 Å². The summed E-state index contributed by atoms with van der Waals surface area (Å²) in [5, 5.41) is 10.0. The van der Waals surface area contributed by atoms with E-state index in [0.29, 0.717) is 0 Å². The molecular formula is C42H24O. The van der Waals surface area contributed by atoms with Gasteiger partial charge in [-0.1, -0.05) is 121 Å². The van der Waals surface area contributed by atoms with Crippen LogP contribution in [0.15, 0.2) is 150 Å². The van der Waals surface area contributed by atoms with E-state index in [1.807, 2.05) is 0 Å². The molecule has 0 amide bonds. The van der Waals surface area contributed by atoms with Gasteiger partial charge in [0.05, 0.1) is 0 Å². The van der Waals surface area contributed by atoms with E-state index in [-0.39, 0.29) is 0 Å². The molecule has 1 nitrogen and oxygen atoms in total. The minimum absolute atomic E-state index is 0.913. The van der Waals surface area contributed by atoms with Crippen LogP contribution in [-0.2, 0) is 0 Å². The van der Waals surface area contributed by atoms with Gasteiger partial charge in [0, 0.05) is 10.8 Å². The van der Waals surface area contributed by atoms with Crippen molar-refractivity contribution in [3.05, 3.63) is 146 Å². The summed E-state index contributed by atoms with van der Waals surface area (Å²) in [6.07, 6.45) is 0. The van der Waals surface area contributed by atoms with E-state index < -0.39 is 0 Å². The fourth-order valence-corrected chi connectivity index (χ4v) is 7.48. The average molecular weight is 545 g/mol. The molecule has 0 bridgehead atoms. The molecule has 1 aliphatic rings. The zero-order valence-corrected chi connectivity index (χ0v) is 23.3. The van der Waals surface area contributed by atoms with Crippen molar-refractivity contribution in [2.45, 2.75) is 0 Å². The van der Waals surface area contributed by atoms with Crippen LogP contribution in [-0.4, -0.2) is 0 Å². The molecule has 0 saturated heterocycles. The summed E-state index contributed by atoms with van der Waals surface area (Å²) in [6.45, 7) is 0. The molecule has 1 aliphatic carbocycles. The van der Waals surface area contributed by atoms with E-state index in [1.165, 1.54) is 76.8 Å². The monoisotopic (exact) mass is 544 g/mol. The van der Waals surface area contributed by atoms with Gasteiger partial charge in [0.15, 0.2) is 0 Å². The van der Waals surface area contributed by atoms with Crippen molar-refractivity contribution < 1.29 is 4.42 Å². The molecule has 198 valence electrons. The third kappa shape index (κ3) is 3.17. The lowest BCUT2D eigenvalue weighted by Crippen LogP contribution is -1.84. The summed E-state index contributed by atoms with van der Waals surface area (Å²) in [4.78, 5) is 0. The van der Waals surface area contributed by atoms with Crippen LogP contribution in [0.1, 0.15) is 0 Å². The van der Waals surface area contributed by atoms with E-state index >= 15 is 0 Å². The highest BCUT2D eigenvalue weighted by Gasteiger charge is 2.22. The van der Waals surface area contributed by atoms with Crippen LogP contribution in [0.2, 0.25) is 0 Å². The van der Waals surface area contributed by atoms with Gasteiger partial charge in [-0.25, -0.2) is 0 Å². The van der Waals surface area contributed by atoms with E-state index in [2.05, 4.69) is 146 Å². The highest BCUT2D eigenvalue weighted by atomic mass is 16.3. The highest BCUT2D eigenvalue weighted by molar-refractivity contribution is 6.20. The maximum absolute atomic E-state index is 6.43. The molecule has 0 radical (unpaired) electrons. The van der Waals surface area contributed by atoms with Gasteiger partial charge in [-0.3, -0.25) is 0 Å². The Bertz CT molecular complexity index is 2590. The predicted octanol–water partition coefficient (Wildman–Crippen LogP) is 12.0. The van der Waals surface area contributed by atoms with Crippen molar-refractivity contribution in [3.63, 3.8) is 0 Å². The molecule has 1 heteroatoms. The van der Waals surface area contributed by atoms with E-state index in [4.69, 9.17) is 4.42 Å². The molecule has 0 saturated carbocycles. The molecule has 10 rings (SSSR count). The number of fused-ring (bicyclic) bond motifs is 9. The molecule has 43 heavy (non-hydrogen) atoms. The number of hydrogen-bond acceptors (Lipinski definition) is 1. The zero-order valence-electron chi connectivity index (χ0n) is 23.3. The van der Waals surface area contributed by atoms with Crippen molar-refractivity contribution in [1.82, 2.24) is 0 Å². The third-order valence-electron chi connectivity index (χ3n) is 9.41. The molecule has 0 N–H and O–H groups in total. The summed E-state index contributed by atoms with van der Waals surface area (Å²) < 4.78 is 6.43. The molecule has 0 aliphatic heterocycles. The Morgan fingerprint density at radius 2 is 0.953 bits per heavy atom. The number of hydrogen-bond donors (Lipinski definition) is 0. The van der Waals surface area contributed by atoms with Crippen LogP contribution in [0.5, 0.6) is 0 Å². The second-order valence-corrected chi connectivity index (χ2v) is 11.6. The fourth-order valence-electron chi connectivity index (χ4n) is 7.48. The SMILES string of the molecule is c1ccc2c(c1)-c1cccc3c(-c4ccc5oc6cccc(-c7ccc8c(ccc9ccccc98)c7)c6c5c4)ccc-2c13. The van der Waals surface area contributed by atoms with Gasteiger partial charge in [0.2, 0.25) is 0 Å². The summed E-state index contributed by atoms with van der Waals surface area (Å²) in [6, 6.07) is 53.1. The average Bonchev–Trinajstić information content (AvgIpc) is 3.61. The smallest absolute Gasteiger partial charge is 0.136 e. The summed E-state index contributed by atoms with van der Waals surface area (Å²) in [7, 11) is 0. The van der Waals surface area contributed by atoms with E-state index in [0.717, 1.165) is 21.9 Å². The van der Waals surface area contributed by atoms with E-state index in [1.54, 1.807) is 0 Å². The molecule has 1 aromatic heterocycles. The molecule has 8 aromatic carbocycles. The number of benzene rings is 8. The second kappa shape index (κ2) is 8.44. The van der Waals surface area contributed by atoms with Crippen LogP contribution in [0.3, 0.4) is 0 Å². The van der Waals surface area contributed by atoms with E-state index in [9.17, 15) is 0 Å². The predicted molar refractivity (Wildman–Crippen MR) is 182 cm³/mol. The Morgan fingerprint density at radius 1 is 0.302 bits per heavy atom. The van der Waals surface area contributed by atoms with Gasteiger partial charge in [-0.2, -0.15) is 0 Å². The lowest BCUT2D eigenvalue weighted by molar-refractivity contribution is 0.669. The van der Waals surface area contributed by atoms with Crippen molar-refractivity contribution in [1.29, 1.82) is 0 Å². The van der Waals surface area contributed by atoms with Crippen LogP contribution in [0, 0.1) is 0 Å². The standard InChI is InChI=1S/C42H24O/c1-2-8-29-25(7-1)15-16-26-23-27(17-19-30(26)29)32-11-6-14-40-42(32)38-24-28(18-22-39(38)43-40)31-20-21-37-34-10-4-3-9-33(34)36-13-5-12-35(31)41(36)37/h1-24H. The quantitative estimate of drug-likeness (QED) is 0.197. The maximum atomic E-state index is 6.43. The van der Waals surface area contributed by atoms with Crippen LogP contribution in [0.4, 0.5) is 0 Å². The topological polar surface area (TPSA) is 13.1 Å². The lowest BCUT2D eigenvalue weighted by atomic mass is 9.92. The first kappa shape index (κ1) is 23.0. The minimum Gasteiger partial charge on any atom is -0.456 e. The Morgan fingerprint density at radius 3 is 1.88 bits per heavy atom. The zero-order chi connectivity index (χ0) is 28.1. The van der Waals surface area contributed by atoms with Crippen LogP contribution in [0.25, 0.3) is 98.8 Å². The first-order valence-corrected chi connectivity index (χ1v) is 14.8. The second-order valence-electron chi connectivity index (χ2n) is 11.6. The Balaban J connectivity index is 1.19. The number of rotatable bonds is 2. The summed E-state index contributed by atoms with van der Waals surface area (Å²) >= 11 is 0. The van der Waals surface area contributed by atoms with Gasteiger partial charge in [-0.15, -0.1) is 0 Å². The molecule has 9 aromatic rings. The van der Waals surface area contributed by atoms with Gasteiger partial charge in [0.1, 0.15) is 11.2 Å². The molecule has 1 heterocycles. The molecule has 0 fully saturated rings. The van der Waals surface area contributed by atoms with Crippen molar-refractivity contribution in [2.75, 3.05) is 0 Å². The Kier molecular flexibility index (Phi) is 4.51. The first-order chi connectivity index (χ1) is 21.3. The van der Waals surface area contributed by atoms with Gasteiger partial charge in [0.25, 0.3) is 0 Å². The molecular weight excluding hydrogens is 520 g/mol. The third-order valence-corrected chi connectivity index (χ3v) is 9.41. The Hall–Kier alpha value is -5.66. The fraction of sp³-hybridized carbons (Fsp3) is 0. The lowest BCUT2D eigenvalue weighted by Gasteiger charge is -2.10. The van der Waals surface area contributed by atoms with Crippen molar-refractivity contribution in [2.24, 2.45) is 0 Å². The van der Waals surface area contributed by atoms with Gasteiger partial charge >= 0.3 is 0 Å². The van der Waals surface area contributed by atoms with Crippen LogP contribution >= 0.6 is 0 Å². The van der Waals surface area contributed by atoms with Gasteiger partial charge < -0.3 is 4.42 Å². The first-order valence-electron chi connectivity index (χ1n) is 14.8. The molecule has 0 spiro atoms. The summed E-state index contributed by atoms with van der Waals surface area (Å²) in [5.41, 5.74) is 12.0. The normalized spacial score (nSPS) is 12.2. The minimum atomic E-state index is 0.913. The molecule has 0 unspecified atom stereocenters. The highest BCUT2D eigenvalue weighted by Crippen LogP contribution is 2.49. The largest absolute Gasteiger partial charge is 0.456 e. The van der Waals surface area contributed by atoms with Crippen molar-refractivity contribution in [3.8, 4) is 44.5 Å². The van der Waals surface area contributed by atoms with Gasteiger partial charge in [-0.05, 0) is 101 Å². The molecule has 0 atom stereocenters. The Labute approximate surface area is 248 Å². The summed E-state index contributed by atoms with van der Waals surface area (Å²) in [5.74, 6) is 0. The number of furan rings is 1. The van der Waals surface area contributed by atoms with Crippen LogP contribution < -0.4 is 0 Å².